The molecule has 0 bridgehead atoms. The van der Waals surface area contributed by atoms with E-state index in [4.69, 9.17) is 5.73 Å². The molecule has 3 heteroatoms. The number of anilines is 2. The fraction of sp³-hybridized carbons (Fsp3) is 0.200. The van der Waals surface area contributed by atoms with Crippen LogP contribution in [-0.2, 0) is 6.42 Å². The van der Waals surface area contributed by atoms with Crippen molar-refractivity contribution in [1.82, 2.24) is 0 Å². The van der Waals surface area contributed by atoms with Gasteiger partial charge in [-0.25, -0.2) is 4.39 Å². The first kappa shape index (κ1) is 12.4. The van der Waals surface area contributed by atoms with Gasteiger partial charge in [0.25, 0.3) is 0 Å². The zero-order valence-electron chi connectivity index (χ0n) is 10.4. The van der Waals surface area contributed by atoms with Gasteiger partial charge in [0, 0.05) is 6.54 Å². The highest BCUT2D eigenvalue weighted by Gasteiger charge is 2.02. The van der Waals surface area contributed by atoms with Gasteiger partial charge in [0.1, 0.15) is 5.82 Å². The standard InChI is InChI=1S/C15H17FN2/c1-11-5-4-8-14(15(11)17)18-10-9-12-6-2-3-7-13(12)16/h2-8,18H,9-10,17H2,1H3. The molecule has 0 fully saturated rings. The molecule has 0 atom stereocenters. The number of hydrogen-bond acceptors (Lipinski definition) is 2. The van der Waals surface area contributed by atoms with Crippen LogP contribution in [0, 0.1) is 12.7 Å². The van der Waals surface area contributed by atoms with Crippen molar-refractivity contribution in [2.45, 2.75) is 13.3 Å². The van der Waals surface area contributed by atoms with E-state index in [0.29, 0.717) is 13.0 Å². The largest absolute Gasteiger partial charge is 0.397 e. The molecular formula is C15H17FN2. The van der Waals surface area contributed by atoms with Gasteiger partial charge in [0.05, 0.1) is 11.4 Å². The van der Waals surface area contributed by atoms with E-state index in [-0.39, 0.29) is 5.82 Å². The van der Waals surface area contributed by atoms with Crippen LogP contribution in [0.3, 0.4) is 0 Å². The molecule has 0 heterocycles. The van der Waals surface area contributed by atoms with Crippen LogP contribution in [-0.4, -0.2) is 6.54 Å². The van der Waals surface area contributed by atoms with Crippen molar-refractivity contribution >= 4 is 11.4 Å². The Morgan fingerprint density at radius 2 is 1.89 bits per heavy atom. The maximum absolute atomic E-state index is 13.4. The summed E-state index contributed by atoms with van der Waals surface area (Å²) in [5, 5.41) is 3.24. The van der Waals surface area contributed by atoms with E-state index in [0.717, 1.165) is 22.5 Å². The molecule has 0 aliphatic carbocycles. The van der Waals surface area contributed by atoms with Crippen LogP contribution in [0.15, 0.2) is 42.5 Å². The second-order valence-corrected chi connectivity index (χ2v) is 4.30. The fourth-order valence-electron chi connectivity index (χ4n) is 1.87. The maximum Gasteiger partial charge on any atom is 0.126 e. The lowest BCUT2D eigenvalue weighted by molar-refractivity contribution is 0.610. The Morgan fingerprint density at radius 1 is 1.11 bits per heavy atom. The summed E-state index contributed by atoms with van der Waals surface area (Å²) in [7, 11) is 0. The molecular weight excluding hydrogens is 227 g/mol. The third kappa shape index (κ3) is 2.80. The van der Waals surface area contributed by atoms with E-state index >= 15 is 0 Å². The molecule has 0 saturated heterocycles. The van der Waals surface area contributed by atoms with Crippen molar-refractivity contribution in [3.8, 4) is 0 Å². The summed E-state index contributed by atoms with van der Waals surface area (Å²) in [5.41, 5.74) is 9.39. The van der Waals surface area contributed by atoms with Crippen LogP contribution >= 0.6 is 0 Å². The number of nitrogen functional groups attached to an aromatic ring is 1. The average Bonchev–Trinajstić information content (AvgIpc) is 2.37. The Labute approximate surface area is 107 Å². The topological polar surface area (TPSA) is 38.0 Å². The molecule has 2 aromatic carbocycles. The second kappa shape index (κ2) is 5.54. The molecule has 2 nitrogen and oxygen atoms in total. The summed E-state index contributed by atoms with van der Waals surface area (Å²) in [6, 6.07) is 12.7. The number of nitrogens with two attached hydrogens (primary N) is 1. The van der Waals surface area contributed by atoms with Crippen LogP contribution in [0.1, 0.15) is 11.1 Å². The van der Waals surface area contributed by atoms with Gasteiger partial charge in [-0.15, -0.1) is 0 Å². The predicted octanol–water partition coefficient (Wildman–Crippen LogP) is 3.37. The molecule has 0 saturated carbocycles. The number of nitrogens with one attached hydrogen (secondary N) is 1. The normalized spacial score (nSPS) is 10.3. The van der Waals surface area contributed by atoms with Gasteiger partial charge in [-0.3, -0.25) is 0 Å². The zero-order valence-corrected chi connectivity index (χ0v) is 10.4. The fourth-order valence-corrected chi connectivity index (χ4v) is 1.87. The predicted molar refractivity (Wildman–Crippen MR) is 74.2 cm³/mol. The number of halogens is 1. The molecule has 0 spiro atoms. The average molecular weight is 244 g/mol. The highest BCUT2D eigenvalue weighted by Crippen LogP contribution is 2.21. The molecule has 0 aromatic heterocycles. The van der Waals surface area contributed by atoms with Crippen LogP contribution in [0.5, 0.6) is 0 Å². The van der Waals surface area contributed by atoms with Crippen molar-refractivity contribution in [1.29, 1.82) is 0 Å². The van der Waals surface area contributed by atoms with Crippen molar-refractivity contribution in [3.63, 3.8) is 0 Å². The minimum Gasteiger partial charge on any atom is -0.397 e. The van der Waals surface area contributed by atoms with Gasteiger partial charge in [0.2, 0.25) is 0 Å². The summed E-state index contributed by atoms with van der Waals surface area (Å²) in [6.45, 7) is 2.63. The van der Waals surface area contributed by atoms with E-state index in [2.05, 4.69) is 5.32 Å². The Balaban J connectivity index is 1.97. The lowest BCUT2D eigenvalue weighted by Gasteiger charge is -2.11. The van der Waals surface area contributed by atoms with Crippen molar-refractivity contribution < 1.29 is 4.39 Å². The number of benzene rings is 2. The minimum absolute atomic E-state index is 0.156. The van der Waals surface area contributed by atoms with Gasteiger partial charge in [-0.2, -0.15) is 0 Å². The smallest absolute Gasteiger partial charge is 0.126 e. The molecule has 0 aliphatic rings. The van der Waals surface area contributed by atoms with Crippen LogP contribution < -0.4 is 11.1 Å². The highest BCUT2D eigenvalue weighted by molar-refractivity contribution is 5.69. The van der Waals surface area contributed by atoms with E-state index in [9.17, 15) is 4.39 Å². The van der Waals surface area contributed by atoms with Gasteiger partial charge in [-0.05, 0) is 36.6 Å². The molecule has 94 valence electrons. The summed E-state index contributed by atoms with van der Waals surface area (Å²) >= 11 is 0. The van der Waals surface area contributed by atoms with Crippen LogP contribution in [0.4, 0.5) is 15.8 Å². The highest BCUT2D eigenvalue weighted by atomic mass is 19.1. The first-order valence-corrected chi connectivity index (χ1v) is 6.01. The van der Waals surface area contributed by atoms with E-state index in [1.165, 1.54) is 6.07 Å². The van der Waals surface area contributed by atoms with Crippen molar-refractivity contribution in [2.24, 2.45) is 0 Å². The molecule has 0 radical (unpaired) electrons. The summed E-state index contributed by atoms with van der Waals surface area (Å²) in [4.78, 5) is 0. The number of para-hydroxylation sites is 1. The molecule has 2 rings (SSSR count). The summed E-state index contributed by atoms with van der Waals surface area (Å²) in [6.07, 6.45) is 0.639. The number of hydrogen-bond donors (Lipinski definition) is 2. The zero-order chi connectivity index (χ0) is 13.0. The number of aryl methyl sites for hydroxylation is 1. The molecule has 0 unspecified atom stereocenters. The summed E-state index contributed by atoms with van der Waals surface area (Å²) in [5.74, 6) is -0.156. The van der Waals surface area contributed by atoms with Gasteiger partial charge >= 0.3 is 0 Å². The van der Waals surface area contributed by atoms with Gasteiger partial charge in [0.15, 0.2) is 0 Å². The van der Waals surface area contributed by atoms with Gasteiger partial charge in [-0.1, -0.05) is 30.3 Å². The lowest BCUT2D eigenvalue weighted by Crippen LogP contribution is -2.08. The molecule has 2 aromatic rings. The Kier molecular flexibility index (Phi) is 3.82. The lowest BCUT2D eigenvalue weighted by atomic mass is 10.1. The van der Waals surface area contributed by atoms with Gasteiger partial charge < -0.3 is 11.1 Å². The van der Waals surface area contributed by atoms with Crippen molar-refractivity contribution in [3.05, 3.63) is 59.4 Å². The molecule has 3 N–H and O–H groups in total. The first-order chi connectivity index (χ1) is 8.68. The maximum atomic E-state index is 13.4. The third-order valence-corrected chi connectivity index (χ3v) is 2.99. The van der Waals surface area contributed by atoms with E-state index < -0.39 is 0 Å². The number of rotatable bonds is 4. The Hall–Kier alpha value is -2.03. The monoisotopic (exact) mass is 244 g/mol. The Bertz CT molecular complexity index is 538. The molecule has 18 heavy (non-hydrogen) atoms. The van der Waals surface area contributed by atoms with Crippen LogP contribution in [0.2, 0.25) is 0 Å². The summed E-state index contributed by atoms with van der Waals surface area (Å²) < 4.78 is 13.4. The first-order valence-electron chi connectivity index (χ1n) is 6.01. The third-order valence-electron chi connectivity index (χ3n) is 2.99. The van der Waals surface area contributed by atoms with Crippen LogP contribution in [0.25, 0.3) is 0 Å². The van der Waals surface area contributed by atoms with E-state index in [1.54, 1.807) is 12.1 Å². The Morgan fingerprint density at radius 3 is 2.67 bits per heavy atom. The minimum atomic E-state index is -0.156. The van der Waals surface area contributed by atoms with Crippen molar-refractivity contribution in [2.75, 3.05) is 17.6 Å². The van der Waals surface area contributed by atoms with E-state index in [1.807, 2.05) is 31.2 Å². The molecule has 0 amide bonds. The second-order valence-electron chi connectivity index (χ2n) is 4.30. The SMILES string of the molecule is Cc1cccc(NCCc2ccccc2F)c1N. The molecule has 0 aliphatic heterocycles. The quantitative estimate of drug-likeness (QED) is 0.809.